The Morgan fingerprint density at radius 3 is 2.40 bits per heavy atom. The zero-order chi connectivity index (χ0) is 17.6. The van der Waals surface area contributed by atoms with Crippen LogP contribution < -0.4 is 10.1 Å². The van der Waals surface area contributed by atoms with E-state index in [1.54, 1.807) is 6.07 Å². The van der Waals surface area contributed by atoms with E-state index < -0.39 is 0 Å². The maximum absolute atomic E-state index is 6.02. The number of rotatable bonds is 6. The first kappa shape index (κ1) is 17.7. The topological polar surface area (TPSA) is 21.3 Å². The number of halogens is 2. The Labute approximate surface area is 158 Å². The predicted octanol–water partition coefficient (Wildman–Crippen LogP) is 6.49. The molecule has 0 aliphatic rings. The van der Waals surface area contributed by atoms with E-state index in [9.17, 15) is 0 Å². The van der Waals surface area contributed by atoms with Crippen molar-refractivity contribution in [3.05, 3.63) is 93.5 Å². The highest BCUT2D eigenvalue weighted by molar-refractivity contribution is 6.35. The largest absolute Gasteiger partial charge is 0.489 e. The molecular weight excluding hydrogens is 353 g/mol. The van der Waals surface area contributed by atoms with Crippen molar-refractivity contribution in [2.24, 2.45) is 0 Å². The molecule has 0 atom stereocenters. The fourth-order valence-corrected chi connectivity index (χ4v) is 3.06. The van der Waals surface area contributed by atoms with Crippen molar-refractivity contribution in [1.82, 2.24) is 0 Å². The molecule has 3 aromatic rings. The summed E-state index contributed by atoms with van der Waals surface area (Å²) in [7, 11) is 0. The van der Waals surface area contributed by atoms with Gasteiger partial charge in [-0.1, -0.05) is 59.6 Å². The molecule has 0 unspecified atom stereocenters. The molecule has 0 aromatic heterocycles. The van der Waals surface area contributed by atoms with Crippen LogP contribution in [0.3, 0.4) is 0 Å². The second kappa shape index (κ2) is 8.28. The van der Waals surface area contributed by atoms with Crippen molar-refractivity contribution in [2.45, 2.75) is 20.1 Å². The molecule has 1 N–H and O–H groups in total. The van der Waals surface area contributed by atoms with Gasteiger partial charge in [-0.3, -0.25) is 0 Å². The van der Waals surface area contributed by atoms with Gasteiger partial charge in [-0.25, -0.2) is 0 Å². The Hall–Kier alpha value is -2.16. The Morgan fingerprint density at radius 1 is 0.880 bits per heavy atom. The Kier molecular flexibility index (Phi) is 5.85. The van der Waals surface area contributed by atoms with Gasteiger partial charge >= 0.3 is 0 Å². The number of hydrogen-bond acceptors (Lipinski definition) is 2. The lowest BCUT2D eigenvalue weighted by atomic mass is 10.1. The minimum absolute atomic E-state index is 0.563. The summed E-state index contributed by atoms with van der Waals surface area (Å²) in [6, 6.07) is 21.7. The number of nitrogens with one attached hydrogen (secondary N) is 1. The molecule has 0 fully saturated rings. The van der Waals surface area contributed by atoms with Crippen LogP contribution in [0, 0.1) is 6.92 Å². The van der Waals surface area contributed by atoms with Crippen LogP contribution in [0.4, 0.5) is 5.69 Å². The van der Waals surface area contributed by atoms with Gasteiger partial charge in [-0.05, 0) is 53.9 Å². The van der Waals surface area contributed by atoms with Crippen LogP contribution in [0.1, 0.15) is 16.7 Å². The molecule has 0 saturated heterocycles. The van der Waals surface area contributed by atoms with Gasteiger partial charge in [0.25, 0.3) is 0 Å². The van der Waals surface area contributed by atoms with Gasteiger partial charge in [0.2, 0.25) is 0 Å². The van der Waals surface area contributed by atoms with E-state index in [-0.39, 0.29) is 0 Å². The summed E-state index contributed by atoms with van der Waals surface area (Å²) < 4.78 is 5.93. The van der Waals surface area contributed by atoms with E-state index >= 15 is 0 Å². The quantitative estimate of drug-likeness (QED) is 0.534. The molecule has 3 rings (SSSR count). The molecule has 25 heavy (non-hydrogen) atoms. The van der Waals surface area contributed by atoms with E-state index in [1.807, 2.05) is 42.5 Å². The first-order valence-electron chi connectivity index (χ1n) is 8.06. The molecule has 0 spiro atoms. The molecule has 4 heteroatoms. The van der Waals surface area contributed by atoms with Crippen LogP contribution >= 0.6 is 23.2 Å². The molecule has 0 radical (unpaired) electrons. The van der Waals surface area contributed by atoms with Gasteiger partial charge in [-0.15, -0.1) is 0 Å². The third-order valence-corrected chi connectivity index (χ3v) is 4.35. The van der Waals surface area contributed by atoms with E-state index in [1.165, 1.54) is 11.1 Å². The van der Waals surface area contributed by atoms with Gasteiger partial charge in [0.15, 0.2) is 0 Å². The maximum atomic E-state index is 6.02. The minimum Gasteiger partial charge on any atom is -0.489 e. The monoisotopic (exact) mass is 371 g/mol. The lowest BCUT2D eigenvalue weighted by Crippen LogP contribution is -2.01. The van der Waals surface area contributed by atoms with Gasteiger partial charge in [0.1, 0.15) is 12.4 Å². The third-order valence-electron chi connectivity index (χ3n) is 3.91. The SMILES string of the molecule is Cc1ccccc1COc1cccc(CNc2cc(Cl)cc(Cl)c2)c1. The van der Waals surface area contributed by atoms with E-state index in [0.29, 0.717) is 23.2 Å². The summed E-state index contributed by atoms with van der Waals surface area (Å²) in [6.45, 7) is 3.32. The highest BCUT2D eigenvalue weighted by Gasteiger charge is 2.02. The number of aryl methyl sites for hydroxylation is 1. The van der Waals surface area contributed by atoms with E-state index in [0.717, 1.165) is 17.0 Å². The first-order chi connectivity index (χ1) is 12.1. The standard InChI is InChI=1S/C21H19Cl2NO/c1-15-5-2-3-7-17(15)14-25-21-8-4-6-16(9-21)13-24-20-11-18(22)10-19(23)12-20/h2-12,24H,13-14H2,1H3. The van der Waals surface area contributed by atoms with Gasteiger partial charge < -0.3 is 10.1 Å². The van der Waals surface area contributed by atoms with Crippen LogP contribution in [0.15, 0.2) is 66.7 Å². The number of hydrogen-bond donors (Lipinski definition) is 1. The maximum Gasteiger partial charge on any atom is 0.120 e. The normalized spacial score (nSPS) is 10.5. The predicted molar refractivity (Wildman–Crippen MR) is 106 cm³/mol. The summed E-state index contributed by atoms with van der Waals surface area (Å²) in [6.07, 6.45) is 0. The van der Waals surface area contributed by atoms with Crippen molar-refractivity contribution < 1.29 is 4.74 Å². The van der Waals surface area contributed by atoms with E-state index in [4.69, 9.17) is 27.9 Å². The van der Waals surface area contributed by atoms with Crippen molar-refractivity contribution in [3.63, 3.8) is 0 Å². The van der Waals surface area contributed by atoms with Crippen LogP contribution in [0.5, 0.6) is 5.75 Å². The van der Waals surface area contributed by atoms with Crippen LogP contribution in [-0.2, 0) is 13.2 Å². The lowest BCUT2D eigenvalue weighted by molar-refractivity contribution is 0.305. The van der Waals surface area contributed by atoms with Crippen LogP contribution in [-0.4, -0.2) is 0 Å². The molecule has 0 aliphatic heterocycles. The zero-order valence-electron chi connectivity index (χ0n) is 13.9. The zero-order valence-corrected chi connectivity index (χ0v) is 15.4. The number of benzene rings is 3. The van der Waals surface area contributed by atoms with Crippen molar-refractivity contribution in [1.29, 1.82) is 0 Å². The number of anilines is 1. The highest BCUT2D eigenvalue weighted by atomic mass is 35.5. The smallest absolute Gasteiger partial charge is 0.120 e. The van der Waals surface area contributed by atoms with Crippen molar-refractivity contribution in [2.75, 3.05) is 5.32 Å². The fraction of sp³-hybridized carbons (Fsp3) is 0.143. The summed E-state index contributed by atoms with van der Waals surface area (Å²) in [5, 5.41) is 4.56. The first-order valence-corrected chi connectivity index (χ1v) is 8.82. The minimum atomic E-state index is 0.563. The Bertz CT molecular complexity index is 844. The van der Waals surface area contributed by atoms with Crippen LogP contribution in [0.25, 0.3) is 0 Å². The second-order valence-electron chi connectivity index (χ2n) is 5.87. The fourth-order valence-electron chi connectivity index (χ4n) is 2.54. The molecule has 0 heterocycles. The molecule has 0 aliphatic carbocycles. The Morgan fingerprint density at radius 2 is 1.64 bits per heavy atom. The molecule has 0 amide bonds. The average Bonchev–Trinajstić information content (AvgIpc) is 2.59. The van der Waals surface area contributed by atoms with E-state index in [2.05, 4.69) is 30.4 Å². The molecule has 2 nitrogen and oxygen atoms in total. The van der Waals surface area contributed by atoms with Gasteiger partial charge in [0.05, 0.1) is 0 Å². The average molecular weight is 372 g/mol. The molecule has 0 bridgehead atoms. The van der Waals surface area contributed by atoms with Crippen molar-refractivity contribution >= 4 is 28.9 Å². The van der Waals surface area contributed by atoms with Crippen molar-refractivity contribution in [3.8, 4) is 5.75 Å². The summed E-state index contributed by atoms with van der Waals surface area (Å²) >= 11 is 12.0. The highest BCUT2D eigenvalue weighted by Crippen LogP contribution is 2.23. The lowest BCUT2D eigenvalue weighted by Gasteiger charge is -2.11. The Balaban J connectivity index is 1.62. The van der Waals surface area contributed by atoms with Gasteiger partial charge in [0, 0.05) is 22.3 Å². The third kappa shape index (κ3) is 5.15. The van der Waals surface area contributed by atoms with Gasteiger partial charge in [-0.2, -0.15) is 0 Å². The molecule has 128 valence electrons. The second-order valence-corrected chi connectivity index (χ2v) is 6.75. The molecule has 0 saturated carbocycles. The molecule has 3 aromatic carbocycles. The summed E-state index contributed by atoms with van der Waals surface area (Å²) in [4.78, 5) is 0. The van der Waals surface area contributed by atoms with Crippen LogP contribution in [0.2, 0.25) is 10.0 Å². The summed E-state index contributed by atoms with van der Waals surface area (Å²) in [5.41, 5.74) is 4.44. The number of ether oxygens (including phenoxy) is 1. The molecular formula is C21H19Cl2NO. The summed E-state index contributed by atoms with van der Waals surface area (Å²) in [5.74, 6) is 0.853.